The minimum Gasteiger partial charge on any atom is -0.299 e. The van der Waals surface area contributed by atoms with Crippen molar-refractivity contribution < 1.29 is 4.79 Å². The summed E-state index contributed by atoms with van der Waals surface area (Å²) in [7, 11) is 0. The maximum Gasteiger partial charge on any atom is 0.141 e. The summed E-state index contributed by atoms with van der Waals surface area (Å²) in [5, 5.41) is 0. The maximum absolute atomic E-state index is 11.8. The number of Topliss-reactive ketones (excluding diaryl/α,β-unsaturated/α-hetero) is 1. The first-order valence-corrected chi connectivity index (χ1v) is 4.91. The van der Waals surface area contributed by atoms with E-state index in [1.54, 1.807) is 0 Å². The van der Waals surface area contributed by atoms with Gasteiger partial charge >= 0.3 is 0 Å². The highest BCUT2D eigenvalue weighted by molar-refractivity contribution is 5.90. The monoisotopic (exact) mass is 166 g/mol. The Morgan fingerprint density at radius 3 is 2.25 bits per heavy atom. The van der Waals surface area contributed by atoms with Crippen LogP contribution < -0.4 is 0 Å². The second kappa shape index (κ2) is 1.94. The molecule has 12 heavy (non-hydrogen) atoms. The van der Waals surface area contributed by atoms with Gasteiger partial charge in [-0.25, -0.2) is 0 Å². The lowest BCUT2D eigenvalue weighted by molar-refractivity contribution is -0.132. The predicted octanol–water partition coefficient (Wildman–Crippen LogP) is 2.65. The van der Waals surface area contributed by atoms with Gasteiger partial charge in [-0.2, -0.15) is 0 Å². The highest BCUT2D eigenvalue weighted by Gasteiger charge is 2.60. The molecule has 0 aromatic rings. The van der Waals surface area contributed by atoms with Gasteiger partial charge in [-0.1, -0.05) is 27.7 Å². The Morgan fingerprint density at radius 1 is 1.33 bits per heavy atom. The first-order chi connectivity index (χ1) is 5.37. The van der Waals surface area contributed by atoms with Crippen molar-refractivity contribution in [3.05, 3.63) is 0 Å². The number of carbonyl (C=O) groups is 1. The molecule has 0 aromatic heterocycles. The van der Waals surface area contributed by atoms with E-state index >= 15 is 0 Å². The lowest BCUT2D eigenvalue weighted by Crippen LogP contribution is -2.36. The van der Waals surface area contributed by atoms with Crippen molar-refractivity contribution >= 4 is 5.78 Å². The van der Waals surface area contributed by atoms with E-state index in [0.29, 0.717) is 23.0 Å². The molecule has 2 aliphatic carbocycles. The van der Waals surface area contributed by atoms with E-state index in [9.17, 15) is 4.79 Å². The zero-order chi connectivity index (χ0) is 9.15. The zero-order valence-electron chi connectivity index (χ0n) is 8.48. The summed E-state index contributed by atoms with van der Waals surface area (Å²) in [6, 6.07) is 0. The van der Waals surface area contributed by atoms with Gasteiger partial charge in [0.15, 0.2) is 0 Å². The third kappa shape index (κ3) is 0.773. The van der Waals surface area contributed by atoms with Crippen LogP contribution in [0.1, 0.15) is 40.5 Å². The molecule has 0 aromatic carbocycles. The molecule has 0 heterocycles. The van der Waals surface area contributed by atoms with Gasteiger partial charge in [0.05, 0.1) is 0 Å². The predicted molar refractivity (Wildman–Crippen MR) is 48.8 cm³/mol. The van der Waals surface area contributed by atoms with Gasteiger partial charge in [0.2, 0.25) is 0 Å². The van der Waals surface area contributed by atoms with Crippen LogP contribution in [0.15, 0.2) is 0 Å². The second-order valence-corrected chi connectivity index (χ2v) is 5.69. The van der Waals surface area contributed by atoms with Crippen molar-refractivity contribution in [2.75, 3.05) is 0 Å². The SMILES string of the molecule is CC1C(=O)[C@@]2(C)C[C@@H]1C(C)(C)C2. The first kappa shape index (κ1) is 8.28. The molecule has 1 unspecified atom stereocenters. The van der Waals surface area contributed by atoms with Crippen LogP contribution in [-0.2, 0) is 4.79 Å². The second-order valence-electron chi connectivity index (χ2n) is 5.69. The van der Waals surface area contributed by atoms with E-state index in [4.69, 9.17) is 0 Å². The first-order valence-electron chi connectivity index (χ1n) is 4.91. The van der Waals surface area contributed by atoms with Crippen molar-refractivity contribution in [1.29, 1.82) is 0 Å². The number of rotatable bonds is 0. The molecule has 2 rings (SSSR count). The molecule has 0 N–H and O–H groups in total. The number of hydrogen-bond donors (Lipinski definition) is 0. The quantitative estimate of drug-likeness (QED) is 0.540. The van der Waals surface area contributed by atoms with Gasteiger partial charge in [-0.3, -0.25) is 4.79 Å². The van der Waals surface area contributed by atoms with E-state index in [0.717, 1.165) is 12.8 Å². The third-order valence-electron chi connectivity index (χ3n) is 4.13. The molecule has 3 atom stereocenters. The topological polar surface area (TPSA) is 17.1 Å². The Balaban J connectivity index is 2.39. The summed E-state index contributed by atoms with van der Waals surface area (Å²) in [4.78, 5) is 11.8. The van der Waals surface area contributed by atoms with Crippen LogP contribution in [0.2, 0.25) is 0 Å². The van der Waals surface area contributed by atoms with Gasteiger partial charge < -0.3 is 0 Å². The van der Waals surface area contributed by atoms with Crippen molar-refractivity contribution in [2.45, 2.75) is 40.5 Å². The standard InChI is InChI=1S/C11H18O/c1-7-8-5-11(4,9(7)12)6-10(8,2)3/h7-8H,5-6H2,1-4H3/t7?,8-,11-/m0/s1. The van der Waals surface area contributed by atoms with E-state index in [1.807, 2.05) is 0 Å². The molecule has 1 heteroatoms. The molecule has 68 valence electrons. The van der Waals surface area contributed by atoms with Gasteiger partial charge in [0.1, 0.15) is 5.78 Å². The Bertz CT molecular complexity index is 241. The van der Waals surface area contributed by atoms with Crippen LogP contribution in [0.5, 0.6) is 0 Å². The molecule has 1 nitrogen and oxygen atoms in total. The Hall–Kier alpha value is -0.330. The molecule has 0 spiro atoms. The number of ketones is 1. The molecule has 0 amide bonds. The van der Waals surface area contributed by atoms with Gasteiger partial charge in [0, 0.05) is 11.3 Å². The van der Waals surface area contributed by atoms with Crippen LogP contribution in [0.25, 0.3) is 0 Å². The number of fused-ring (bicyclic) bond motifs is 2. The third-order valence-corrected chi connectivity index (χ3v) is 4.13. The maximum atomic E-state index is 11.8. The fourth-order valence-electron chi connectivity index (χ4n) is 3.74. The summed E-state index contributed by atoms with van der Waals surface area (Å²) >= 11 is 0. The largest absolute Gasteiger partial charge is 0.299 e. The number of hydrogen-bond acceptors (Lipinski definition) is 1. The molecule has 2 fully saturated rings. The van der Waals surface area contributed by atoms with Crippen molar-refractivity contribution in [3.63, 3.8) is 0 Å². The number of carbonyl (C=O) groups excluding carboxylic acids is 1. The van der Waals surface area contributed by atoms with Crippen molar-refractivity contribution in [3.8, 4) is 0 Å². The summed E-state index contributed by atoms with van der Waals surface area (Å²) in [6.45, 7) is 8.89. The molecular formula is C11H18O. The van der Waals surface area contributed by atoms with Crippen LogP contribution >= 0.6 is 0 Å². The van der Waals surface area contributed by atoms with Gasteiger partial charge in [0.25, 0.3) is 0 Å². The lowest BCUT2D eigenvalue weighted by atomic mass is 9.68. The zero-order valence-corrected chi connectivity index (χ0v) is 8.48. The molecule has 0 radical (unpaired) electrons. The summed E-state index contributed by atoms with van der Waals surface area (Å²) < 4.78 is 0. The minimum atomic E-state index is 0.0353. The Labute approximate surface area is 74.5 Å². The van der Waals surface area contributed by atoms with E-state index in [1.165, 1.54) is 0 Å². The van der Waals surface area contributed by atoms with Crippen molar-refractivity contribution in [2.24, 2.45) is 22.7 Å². The molecule has 2 aliphatic rings. The molecular weight excluding hydrogens is 148 g/mol. The molecule has 2 saturated carbocycles. The highest BCUT2D eigenvalue weighted by atomic mass is 16.1. The highest BCUT2D eigenvalue weighted by Crippen LogP contribution is 2.62. The fraction of sp³-hybridized carbons (Fsp3) is 0.909. The van der Waals surface area contributed by atoms with E-state index in [-0.39, 0.29) is 5.41 Å². The van der Waals surface area contributed by atoms with Crippen molar-refractivity contribution in [1.82, 2.24) is 0 Å². The van der Waals surface area contributed by atoms with Gasteiger partial charge in [-0.15, -0.1) is 0 Å². The van der Waals surface area contributed by atoms with Crippen LogP contribution in [0, 0.1) is 22.7 Å². The van der Waals surface area contributed by atoms with Crippen LogP contribution in [0.4, 0.5) is 0 Å². The van der Waals surface area contributed by atoms with Crippen LogP contribution in [0.3, 0.4) is 0 Å². The fourth-order valence-corrected chi connectivity index (χ4v) is 3.74. The molecule has 2 bridgehead atoms. The van der Waals surface area contributed by atoms with E-state index < -0.39 is 0 Å². The normalized spacial score (nSPS) is 50.2. The van der Waals surface area contributed by atoms with E-state index in [2.05, 4.69) is 27.7 Å². The Kier molecular flexibility index (Phi) is 1.34. The summed E-state index contributed by atoms with van der Waals surface area (Å²) in [5.74, 6) is 1.49. The smallest absolute Gasteiger partial charge is 0.141 e. The summed E-state index contributed by atoms with van der Waals surface area (Å²) in [6.07, 6.45) is 2.24. The van der Waals surface area contributed by atoms with Gasteiger partial charge in [-0.05, 0) is 24.2 Å². The average Bonchev–Trinajstić information content (AvgIpc) is 2.27. The average molecular weight is 166 g/mol. The molecule has 0 saturated heterocycles. The Morgan fingerprint density at radius 2 is 1.92 bits per heavy atom. The summed E-state index contributed by atoms with van der Waals surface area (Å²) in [5.41, 5.74) is 0.440. The lowest BCUT2D eigenvalue weighted by Gasteiger charge is -2.35. The minimum absolute atomic E-state index is 0.0353. The molecule has 0 aliphatic heterocycles. The van der Waals surface area contributed by atoms with Crippen LogP contribution in [-0.4, -0.2) is 5.78 Å².